The van der Waals surface area contributed by atoms with E-state index in [-0.39, 0.29) is 17.8 Å². The van der Waals surface area contributed by atoms with Crippen LogP contribution in [0.4, 0.5) is 0 Å². The summed E-state index contributed by atoms with van der Waals surface area (Å²) >= 11 is 0. The van der Waals surface area contributed by atoms with Crippen LogP contribution in [0.1, 0.15) is 123 Å². The molecule has 8 nitrogen and oxygen atoms in total. The average Bonchev–Trinajstić information content (AvgIpc) is 2.89. The number of unbranched alkanes of at least 4 members (excludes halogenated alkanes) is 2. The SMILES string of the molecule is C=C(CC(=O)OC(CCCC)C(=O)OC1CCCCC1)C(=O)OC(CCCC)C(=O)OC1CCCCC1. The van der Waals surface area contributed by atoms with Crippen molar-refractivity contribution in [2.45, 2.75) is 147 Å². The van der Waals surface area contributed by atoms with Gasteiger partial charge in [-0.3, -0.25) is 4.79 Å². The van der Waals surface area contributed by atoms with Crippen molar-refractivity contribution in [1.82, 2.24) is 0 Å². The van der Waals surface area contributed by atoms with E-state index in [0.717, 1.165) is 77.0 Å². The predicted octanol–water partition coefficient (Wildman–Crippen LogP) is 5.89. The van der Waals surface area contributed by atoms with Gasteiger partial charge >= 0.3 is 23.9 Å². The first-order valence-corrected chi connectivity index (χ1v) is 14.3. The Morgan fingerprint density at radius 2 is 1.14 bits per heavy atom. The summed E-state index contributed by atoms with van der Waals surface area (Å²) in [6, 6.07) is 0. The van der Waals surface area contributed by atoms with Crippen molar-refractivity contribution in [1.29, 1.82) is 0 Å². The van der Waals surface area contributed by atoms with Gasteiger partial charge in [-0.25, -0.2) is 14.4 Å². The van der Waals surface area contributed by atoms with Crippen LogP contribution in [0.5, 0.6) is 0 Å². The van der Waals surface area contributed by atoms with E-state index < -0.39 is 42.5 Å². The van der Waals surface area contributed by atoms with Crippen LogP contribution in [0.3, 0.4) is 0 Å². The Balaban J connectivity index is 1.88. The van der Waals surface area contributed by atoms with E-state index in [4.69, 9.17) is 18.9 Å². The maximum absolute atomic E-state index is 12.7. The lowest BCUT2D eigenvalue weighted by Gasteiger charge is -2.25. The van der Waals surface area contributed by atoms with Gasteiger partial charge in [-0.05, 0) is 77.0 Å². The molecule has 2 rings (SSSR count). The van der Waals surface area contributed by atoms with Gasteiger partial charge in [0.05, 0.1) is 6.42 Å². The van der Waals surface area contributed by atoms with Crippen molar-refractivity contribution in [2.75, 3.05) is 0 Å². The average molecular weight is 523 g/mol. The molecule has 0 aromatic carbocycles. The van der Waals surface area contributed by atoms with E-state index in [9.17, 15) is 19.2 Å². The third-order valence-electron chi connectivity index (χ3n) is 7.00. The van der Waals surface area contributed by atoms with Crippen molar-refractivity contribution < 1.29 is 38.1 Å². The van der Waals surface area contributed by atoms with Crippen molar-refractivity contribution >= 4 is 23.9 Å². The Kier molecular flexibility index (Phi) is 14.3. The van der Waals surface area contributed by atoms with Gasteiger partial charge in [0.15, 0.2) is 12.2 Å². The molecule has 0 saturated heterocycles. The van der Waals surface area contributed by atoms with Crippen LogP contribution < -0.4 is 0 Å². The summed E-state index contributed by atoms with van der Waals surface area (Å²) in [4.78, 5) is 50.7. The molecule has 0 radical (unpaired) electrons. The van der Waals surface area contributed by atoms with E-state index in [0.29, 0.717) is 25.7 Å². The minimum Gasteiger partial charge on any atom is -0.460 e. The van der Waals surface area contributed by atoms with Gasteiger partial charge < -0.3 is 18.9 Å². The first-order valence-electron chi connectivity index (χ1n) is 14.3. The smallest absolute Gasteiger partial charge is 0.347 e. The van der Waals surface area contributed by atoms with Crippen LogP contribution in [-0.2, 0) is 38.1 Å². The lowest BCUT2D eigenvalue weighted by Crippen LogP contribution is -2.34. The van der Waals surface area contributed by atoms with Gasteiger partial charge in [-0.2, -0.15) is 0 Å². The van der Waals surface area contributed by atoms with Crippen LogP contribution in [0.15, 0.2) is 12.2 Å². The molecule has 0 aliphatic heterocycles. The molecule has 210 valence electrons. The van der Waals surface area contributed by atoms with Crippen molar-refractivity contribution in [3.05, 3.63) is 12.2 Å². The quantitative estimate of drug-likeness (QED) is 0.149. The van der Waals surface area contributed by atoms with Gasteiger partial charge in [-0.1, -0.05) is 46.1 Å². The fourth-order valence-electron chi connectivity index (χ4n) is 4.73. The maximum Gasteiger partial charge on any atom is 0.347 e. The van der Waals surface area contributed by atoms with Crippen LogP contribution in [-0.4, -0.2) is 48.3 Å². The molecule has 0 aromatic heterocycles. The summed E-state index contributed by atoms with van der Waals surface area (Å²) in [5, 5.41) is 0. The van der Waals surface area contributed by atoms with Crippen LogP contribution in [0.2, 0.25) is 0 Å². The van der Waals surface area contributed by atoms with Gasteiger partial charge in [0, 0.05) is 5.57 Å². The largest absolute Gasteiger partial charge is 0.460 e. The molecule has 2 fully saturated rings. The van der Waals surface area contributed by atoms with Crippen LogP contribution in [0, 0.1) is 0 Å². The molecule has 37 heavy (non-hydrogen) atoms. The first kappa shape index (κ1) is 30.8. The fraction of sp³-hybridized carbons (Fsp3) is 0.793. The molecule has 8 heteroatoms. The molecule has 0 amide bonds. The highest BCUT2D eigenvalue weighted by Gasteiger charge is 2.31. The number of ether oxygens (including phenoxy) is 4. The predicted molar refractivity (Wildman–Crippen MR) is 138 cm³/mol. The van der Waals surface area contributed by atoms with Gasteiger partial charge in [0.1, 0.15) is 12.2 Å². The molecule has 2 aliphatic carbocycles. The van der Waals surface area contributed by atoms with Crippen molar-refractivity contribution in [2.24, 2.45) is 0 Å². The Labute approximate surface area is 221 Å². The first-order chi connectivity index (χ1) is 17.8. The maximum atomic E-state index is 12.7. The summed E-state index contributed by atoms with van der Waals surface area (Å²) in [5.41, 5.74) is -0.133. The normalized spacial score (nSPS) is 18.3. The summed E-state index contributed by atoms with van der Waals surface area (Å²) in [5.74, 6) is -2.67. The van der Waals surface area contributed by atoms with Crippen molar-refractivity contribution in [3.8, 4) is 0 Å². The third-order valence-corrected chi connectivity index (χ3v) is 7.00. The standard InChI is InChI=1S/C29H46O8/c1-4-6-18-24(28(32)34-22-14-10-8-11-15-22)36-26(30)20-21(3)27(31)37-25(19-7-5-2)29(33)35-23-16-12-9-13-17-23/h22-25H,3-20H2,1-2H3. The third kappa shape index (κ3) is 11.7. The second kappa shape index (κ2) is 17.2. The number of hydrogen-bond acceptors (Lipinski definition) is 8. The van der Waals surface area contributed by atoms with E-state index in [1.54, 1.807) is 0 Å². The zero-order chi connectivity index (χ0) is 27.0. The molecular formula is C29H46O8. The number of carbonyl (C=O) groups excluding carboxylic acids is 4. The number of esters is 4. The molecule has 2 unspecified atom stereocenters. The molecule has 2 saturated carbocycles. The highest BCUT2D eigenvalue weighted by atomic mass is 16.6. The van der Waals surface area contributed by atoms with E-state index in [1.165, 1.54) is 0 Å². The minimum absolute atomic E-state index is 0.133. The van der Waals surface area contributed by atoms with E-state index >= 15 is 0 Å². The minimum atomic E-state index is -1.04. The molecule has 0 N–H and O–H groups in total. The summed E-state index contributed by atoms with van der Waals surface area (Å²) in [6.45, 7) is 7.63. The molecule has 0 bridgehead atoms. The van der Waals surface area contributed by atoms with E-state index in [2.05, 4.69) is 6.58 Å². The topological polar surface area (TPSA) is 105 Å². The number of hydrogen-bond donors (Lipinski definition) is 0. The number of rotatable bonds is 15. The fourth-order valence-corrected chi connectivity index (χ4v) is 4.73. The summed E-state index contributed by atoms with van der Waals surface area (Å²) in [6.07, 6.45) is 10.6. The Bertz CT molecular complexity index is 749. The lowest BCUT2D eigenvalue weighted by molar-refractivity contribution is -0.174. The molecule has 0 aromatic rings. The van der Waals surface area contributed by atoms with E-state index in [1.807, 2.05) is 13.8 Å². The molecule has 0 heterocycles. The van der Waals surface area contributed by atoms with Crippen LogP contribution in [0.25, 0.3) is 0 Å². The Morgan fingerprint density at radius 3 is 1.57 bits per heavy atom. The van der Waals surface area contributed by atoms with Gasteiger partial charge in [0.2, 0.25) is 0 Å². The van der Waals surface area contributed by atoms with Crippen molar-refractivity contribution in [3.63, 3.8) is 0 Å². The van der Waals surface area contributed by atoms with Crippen LogP contribution >= 0.6 is 0 Å². The molecule has 2 atom stereocenters. The molecule has 2 aliphatic rings. The van der Waals surface area contributed by atoms with Gasteiger partial charge in [0.25, 0.3) is 0 Å². The number of carbonyl (C=O) groups is 4. The Morgan fingerprint density at radius 1 is 0.703 bits per heavy atom. The second-order valence-corrected chi connectivity index (χ2v) is 10.3. The molecular weight excluding hydrogens is 476 g/mol. The van der Waals surface area contributed by atoms with Gasteiger partial charge in [-0.15, -0.1) is 0 Å². The summed E-state index contributed by atoms with van der Waals surface area (Å²) in [7, 11) is 0. The lowest BCUT2D eigenvalue weighted by atomic mass is 9.98. The zero-order valence-corrected chi connectivity index (χ0v) is 22.8. The summed E-state index contributed by atoms with van der Waals surface area (Å²) < 4.78 is 22.0. The highest BCUT2D eigenvalue weighted by molar-refractivity contribution is 5.95. The monoisotopic (exact) mass is 522 g/mol. The zero-order valence-electron chi connectivity index (χ0n) is 22.8. The second-order valence-electron chi connectivity index (χ2n) is 10.3. The highest BCUT2D eigenvalue weighted by Crippen LogP contribution is 2.23. The Hall–Kier alpha value is -2.38. The molecule has 0 spiro atoms.